The Morgan fingerprint density at radius 1 is 1.29 bits per heavy atom. The quantitative estimate of drug-likeness (QED) is 0.894. The number of nitrogens with one attached hydrogen (secondary N) is 1. The molecule has 0 atom stereocenters. The third kappa shape index (κ3) is 2.50. The Morgan fingerprint density at radius 3 is 2.65 bits per heavy atom. The second kappa shape index (κ2) is 3.92. The molecule has 90 valence electrons. The molecule has 0 saturated carbocycles. The second-order valence-electron chi connectivity index (χ2n) is 3.53. The van der Waals surface area contributed by atoms with Crippen LogP contribution >= 0.6 is 0 Å². The summed E-state index contributed by atoms with van der Waals surface area (Å²) in [5.74, 6) is -2.04. The molecule has 1 N–H and O–H groups in total. The monoisotopic (exact) mass is 258 g/mol. The zero-order valence-corrected chi connectivity index (χ0v) is 9.55. The molecule has 0 bridgehead atoms. The maximum Gasteiger partial charge on any atom is 0.229 e. The Kier molecular flexibility index (Phi) is 2.70. The number of benzene rings is 1. The van der Waals surface area contributed by atoms with Gasteiger partial charge in [0.05, 0.1) is 18.1 Å². The zero-order chi connectivity index (χ0) is 12.6. The fourth-order valence-corrected chi connectivity index (χ4v) is 1.95. The van der Waals surface area contributed by atoms with Crippen molar-refractivity contribution in [2.45, 2.75) is 0 Å². The smallest absolute Gasteiger partial charge is 0.229 e. The number of hydrogen-bond acceptors (Lipinski definition) is 3. The van der Waals surface area contributed by atoms with Crippen LogP contribution in [0.5, 0.6) is 0 Å². The van der Waals surface area contributed by atoms with Gasteiger partial charge in [0.2, 0.25) is 10.0 Å². The third-order valence-corrected chi connectivity index (χ3v) is 2.65. The molecule has 0 radical (unpaired) electrons. The predicted octanol–water partition coefficient (Wildman–Crippen LogP) is 1.88. The maximum atomic E-state index is 13.3. The van der Waals surface area contributed by atoms with Crippen LogP contribution in [-0.4, -0.2) is 19.7 Å². The summed E-state index contributed by atoms with van der Waals surface area (Å²) in [6.07, 6.45) is 2.12. The van der Waals surface area contributed by atoms with E-state index in [2.05, 4.69) is 9.71 Å². The number of hydrogen-bond donors (Lipinski definition) is 1. The van der Waals surface area contributed by atoms with Crippen LogP contribution in [0.4, 0.5) is 14.5 Å². The molecule has 0 aliphatic rings. The lowest BCUT2D eigenvalue weighted by Gasteiger charge is -2.05. The number of anilines is 1. The topological polar surface area (TPSA) is 59.1 Å². The normalized spacial score (nSPS) is 11.7. The molecular formula is C10H8F2N2O2S. The summed E-state index contributed by atoms with van der Waals surface area (Å²) in [6.45, 7) is 0. The summed E-state index contributed by atoms with van der Waals surface area (Å²) < 4.78 is 50.4. The Balaban J connectivity index is 2.56. The standard InChI is InChI=1S/C10H8F2N2O2S/c1-17(15,16)14-7-4-6-2-3-8(11)9(12)10(6)13-5-7/h2-5,14H,1H3. The molecule has 2 rings (SSSR count). The number of sulfonamides is 1. The summed E-state index contributed by atoms with van der Waals surface area (Å²) in [4.78, 5) is 3.68. The van der Waals surface area contributed by atoms with Crippen molar-refractivity contribution in [1.82, 2.24) is 4.98 Å². The molecule has 1 aromatic carbocycles. The highest BCUT2D eigenvalue weighted by Gasteiger charge is 2.09. The first-order chi connectivity index (χ1) is 7.87. The van der Waals surface area contributed by atoms with Crippen molar-refractivity contribution in [3.05, 3.63) is 36.0 Å². The molecule has 2 aromatic rings. The van der Waals surface area contributed by atoms with E-state index in [0.29, 0.717) is 5.39 Å². The van der Waals surface area contributed by atoms with Crippen LogP contribution in [0.15, 0.2) is 24.4 Å². The van der Waals surface area contributed by atoms with Gasteiger partial charge in [-0.05, 0) is 18.2 Å². The average molecular weight is 258 g/mol. The van der Waals surface area contributed by atoms with Gasteiger partial charge in [0.1, 0.15) is 5.52 Å². The maximum absolute atomic E-state index is 13.3. The van der Waals surface area contributed by atoms with Crippen molar-refractivity contribution in [1.29, 1.82) is 0 Å². The lowest BCUT2D eigenvalue weighted by atomic mass is 10.2. The van der Waals surface area contributed by atoms with Gasteiger partial charge < -0.3 is 0 Å². The van der Waals surface area contributed by atoms with E-state index in [1.54, 1.807) is 0 Å². The molecular weight excluding hydrogens is 250 g/mol. The number of aromatic nitrogens is 1. The Labute approximate surface area is 96.3 Å². The number of pyridine rings is 1. The van der Waals surface area contributed by atoms with E-state index < -0.39 is 21.7 Å². The lowest BCUT2D eigenvalue weighted by molar-refractivity contribution is 0.515. The molecule has 0 aliphatic carbocycles. The molecule has 0 saturated heterocycles. The average Bonchev–Trinajstić information content (AvgIpc) is 2.21. The van der Waals surface area contributed by atoms with Crippen LogP contribution in [0.2, 0.25) is 0 Å². The fraction of sp³-hybridized carbons (Fsp3) is 0.100. The van der Waals surface area contributed by atoms with Gasteiger partial charge in [0, 0.05) is 5.39 Å². The van der Waals surface area contributed by atoms with Crippen LogP contribution in [0, 0.1) is 11.6 Å². The van der Waals surface area contributed by atoms with E-state index >= 15 is 0 Å². The van der Waals surface area contributed by atoms with E-state index in [1.807, 2.05) is 0 Å². The largest absolute Gasteiger partial charge is 0.282 e. The molecule has 17 heavy (non-hydrogen) atoms. The number of fused-ring (bicyclic) bond motifs is 1. The summed E-state index contributed by atoms with van der Waals surface area (Å²) in [7, 11) is -3.42. The Hall–Kier alpha value is -1.76. The zero-order valence-electron chi connectivity index (χ0n) is 8.74. The van der Waals surface area contributed by atoms with E-state index in [1.165, 1.54) is 12.1 Å². The van der Waals surface area contributed by atoms with Gasteiger partial charge in [-0.25, -0.2) is 17.2 Å². The summed E-state index contributed by atoms with van der Waals surface area (Å²) in [6, 6.07) is 3.67. The van der Waals surface area contributed by atoms with Crippen molar-refractivity contribution in [3.8, 4) is 0 Å². The third-order valence-electron chi connectivity index (χ3n) is 2.05. The predicted molar refractivity (Wildman–Crippen MR) is 60.1 cm³/mol. The van der Waals surface area contributed by atoms with Gasteiger partial charge in [-0.3, -0.25) is 9.71 Å². The minimum Gasteiger partial charge on any atom is -0.282 e. The highest BCUT2D eigenvalue weighted by Crippen LogP contribution is 2.21. The highest BCUT2D eigenvalue weighted by molar-refractivity contribution is 7.92. The summed E-state index contributed by atoms with van der Waals surface area (Å²) >= 11 is 0. The van der Waals surface area contributed by atoms with Crippen molar-refractivity contribution >= 4 is 26.6 Å². The highest BCUT2D eigenvalue weighted by atomic mass is 32.2. The Morgan fingerprint density at radius 2 is 2.00 bits per heavy atom. The minimum absolute atomic E-state index is 0.135. The van der Waals surface area contributed by atoms with Crippen LogP contribution in [-0.2, 0) is 10.0 Å². The molecule has 0 aliphatic heterocycles. The second-order valence-corrected chi connectivity index (χ2v) is 5.28. The van der Waals surface area contributed by atoms with Crippen LogP contribution in [0.3, 0.4) is 0 Å². The molecule has 0 fully saturated rings. The summed E-state index contributed by atoms with van der Waals surface area (Å²) in [5, 5.41) is 0.317. The first-order valence-corrected chi connectivity index (χ1v) is 6.47. The van der Waals surface area contributed by atoms with Gasteiger partial charge in [-0.2, -0.15) is 0 Å². The number of nitrogens with zero attached hydrogens (tertiary/aromatic N) is 1. The molecule has 0 amide bonds. The van der Waals surface area contributed by atoms with Gasteiger partial charge in [-0.15, -0.1) is 0 Å². The van der Waals surface area contributed by atoms with Crippen molar-refractivity contribution in [2.24, 2.45) is 0 Å². The van der Waals surface area contributed by atoms with Gasteiger partial charge in [-0.1, -0.05) is 0 Å². The van der Waals surface area contributed by atoms with Crippen LogP contribution in [0.1, 0.15) is 0 Å². The molecule has 4 nitrogen and oxygen atoms in total. The van der Waals surface area contributed by atoms with E-state index in [4.69, 9.17) is 0 Å². The molecule has 1 heterocycles. The molecule has 0 spiro atoms. The van der Waals surface area contributed by atoms with Crippen LogP contribution in [0.25, 0.3) is 10.9 Å². The molecule has 7 heteroatoms. The van der Waals surface area contributed by atoms with Gasteiger partial charge in [0.15, 0.2) is 11.6 Å². The van der Waals surface area contributed by atoms with E-state index in [9.17, 15) is 17.2 Å². The van der Waals surface area contributed by atoms with Gasteiger partial charge in [0.25, 0.3) is 0 Å². The van der Waals surface area contributed by atoms with Gasteiger partial charge >= 0.3 is 0 Å². The first-order valence-electron chi connectivity index (χ1n) is 4.58. The van der Waals surface area contributed by atoms with E-state index in [-0.39, 0.29) is 11.2 Å². The number of halogens is 2. The molecule has 0 unspecified atom stereocenters. The lowest BCUT2D eigenvalue weighted by Crippen LogP contribution is -2.09. The Bertz CT molecular complexity index is 686. The van der Waals surface area contributed by atoms with E-state index in [0.717, 1.165) is 18.5 Å². The van der Waals surface area contributed by atoms with Crippen molar-refractivity contribution in [2.75, 3.05) is 11.0 Å². The van der Waals surface area contributed by atoms with Crippen molar-refractivity contribution < 1.29 is 17.2 Å². The molecule has 1 aromatic heterocycles. The minimum atomic E-state index is -3.42. The number of rotatable bonds is 2. The van der Waals surface area contributed by atoms with Crippen LogP contribution < -0.4 is 4.72 Å². The first kappa shape index (κ1) is 11.7. The SMILES string of the molecule is CS(=O)(=O)Nc1cnc2c(F)c(F)ccc2c1. The van der Waals surface area contributed by atoms with Crippen molar-refractivity contribution in [3.63, 3.8) is 0 Å². The fourth-order valence-electron chi connectivity index (χ4n) is 1.41. The summed E-state index contributed by atoms with van der Waals surface area (Å²) in [5.41, 5.74) is 0.0649.